The lowest BCUT2D eigenvalue weighted by atomic mass is 10.2. The van der Waals surface area contributed by atoms with Crippen LogP contribution in [0.5, 0.6) is 0 Å². The highest BCUT2D eigenvalue weighted by atomic mass is 32.1. The Labute approximate surface area is 66.9 Å². The minimum Gasteiger partial charge on any atom is -0.405 e. The van der Waals surface area contributed by atoms with Gasteiger partial charge in [0, 0.05) is 7.05 Å². The molecule has 0 saturated carbocycles. The zero-order valence-electron chi connectivity index (χ0n) is 6.20. The fourth-order valence-electron chi connectivity index (χ4n) is 0.577. The molecule has 0 saturated heterocycles. The molecule has 3 N–H and O–H groups in total. The van der Waals surface area contributed by atoms with Crippen molar-refractivity contribution >= 4 is 18.5 Å². The second-order valence-electron chi connectivity index (χ2n) is 1.86. The topological polar surface area (TPSA) is 50.4 Å². The molecule has 0 spiro atoms. The third kappa shape index (κ3) is 2.89. The van der Waals surface area contributed by atoms with Gasteiger partial charge in [-0.25, -0.2) is 0 Å². The summed E-state index contributed by atoms with van der Waals surface area (Å²) in [6.45, 7) is 1.95. The summed E-state index contributed by atoms with van der Waals surface area (Å²) < 4.78 is 2.76. The maximum Gasteiger partial charge on any atom is 0.0559 e. The van der Waals surface area contributed by atoms with Gasteiger partial charge >= 0.3 is 0 Å². The molecule has 0 aromatic rings. The lowest BCUT2D eigenvalue weighted by Gasteiger charge is -2.07. The average Bonchev–Trinajstić information content (AvgIpc) is 1.99. The quantitative estimate of drug-likeness (QED) is 0.411. The molecular formula is C6H13N3S. The minimum atomic E-state index is 0.133. The zero-order valence-corrected chi connectivity index (χ0v) is 7.10. The van der Waals surface area contributed by atoms with Gasteiger partial charge in [0.1, 0.15) is 0 Å². The van der Waals surface area contributed by atoms with Gasteiger partial charge < -0.3 is 5.73 Å². The predicted molar refractivity (Wildman–Crippen MR) is 48.3 cm³/mol. The third-order valence-corrected chi connectivity index (χ3v) is 1.55. The van der Waals surface area contributed by atoms with E-state index >= 15 is 0 Å². The lowest BCUT2D eigenvalue weighted by Crippen LogP contribution is -2.26. The molecule has 0 bridgehead atoms. The van der Waals surface area contributed by atoms with Crippen LogP contribution in [0.3, 0.4) is 0 Å². The highest BCUT2D eigenvalue weighted by Crippen LogP contribution is 1.90. The van der Waals surface area contributed by atoms with Crippen molar-refractivity contribution in [1.82, 2.24) is 4.72 Å². The van der Waals surface area contributed by atoms with Crippen molar-refractivity contribution in [3.8, 4) is 0 Å². The first-order chi connectivity index (χ1) is 4.76. The predicted octanol–water partition coefficient (Wildman–Crippen LogP) is 0.353. The van der Waals surface area contributed by atoms with Crippen molar-refractivity contribution in [1.29, 1.82) is 0 Å². The van der Waals surface area contributed by atoms with Crippen molar-refractivity contribution in [2.24, 2.45) is 10.7 Å². The van der Waals surface area contributed by atoms with Crippen molar-refractivity contribution < 1.29 is 0 Å². The summed E-state index contributed by atoms with van der Waals surface area (Å²) in [6, 6.07) is 0.133. The maximum absolute atomic E-state index is 5.18. The molecule has 58 valence electrons. The lowest BCUT2D eigenvalue weighted by molar-refractivity contribution is 0.902. The Balaban J connectivity index is 4.08. The average molecular weight is 159 g/mol. The van der Waals surface area contributed by atoms with E-state index in [1.54, 1.807) is 13.1 Å². The molecule has 0 aliphatic rings. The van der Waals surface area contributed by atoms with Gasteiger partial charge in [-0.2, -0.15) is 0 Å². The van der Waals surface area contributed by atoms with E-state index in [4.69, 9.17) is 5.73 Å². The molecule has 3 nitrogen and oxygen atoms in total. The van der Waals surface area contributed by atoms with Crippen LogP contribution in [0.2, 0.25) is 0 Å². The number of rotatable bonds is 3. The number of hydrogen-bond acceptors (Lipinski definition) is 4. The van der Waals surface area contributed by atoms with Gasteiger partial charge in [0.25, 0.3) is 0 Å². The first-order valence-electron chi connectivity index (χ1n) is 3.00. The maximum atomic E-state index is 5.18. The molecule has 0 aliphatic carbocycles. The third-order valence-electron chi connectivity index (χ3n) is 1.16. The van der Waals surface area contributed by atoms with Crippen molar-refractivity contribution in [2.45, 2.75) is 13.0 Å². The van der Waals surface area contributed by atoms with Gasteiger partial charge in [0.2, 0.25) is 0 Å². The zero-order chi connectivity index (χ0) is 7.98. The van der Waals surface area contributed by atoms with Crippen LogP contribution in [-0.2, 0) is 0 Å². The molecule has 0 fully saturated rings. The Hall–Kier alpha value is -0.480. The summed E-state index contributed by atoms with van der Waals surface area (Å²) in [4.78, 5) is 3.99. The number of nitrogens with two attached hydrogens (primary N) is 1. The first-order valence-corrected chi connectivity index (χ1v) is 3.45. The van der Waals surface area contributed by atoms with Gasteiger partial charge in [0.05, 0.1) is 11.8 Å². The van der Waals surface area contributed by atoms with E-state index in [-0.39, 0.29) is 6.04 Å². The van der Waals surface area contributed by atoms with E-state index in [1.165, 1.54) is 6.20 Å². The minimum absolute atomic E-state index is 0.133. The fraction of sp³-hybridized carbons (Fsp3) is 0.500. The van der Waals surface area contributed by atoms with Gasteiger partial charge in [-0.05, 0) is 19.2 Å². The van der Waals surface area contributed by atoms with E-state index in [0.717, 1.165) is 5.71 Å². The van der Waals surface area contributed by atoms with Gasteiger partial charge in [-0.15, -0.1) is 0 Å². The molecule has 0 aromatic heterocycles. The molecular weight excluding hydrogens is 146 g/mol. The van der Waals surface area contributed by atoms with Crippen LogP contribution in [0.4, 0.5) is 0 Å². The smallest absolute Gasteiger partial charge is 0.0559 e. The monoisotopic (exact) mass is 159 g/mol. The summed E-state index contributed by atoms with van der Waals surface area (Å²) in [5, 5.41) is 0. The summed E-state index contributed by atoms with van der Waals surface area (Å²) in [5.74, 6) is 0. The van der Waals surface area contributed by atoms with Crippen LogP contribution in [0, 0.1) is 0 Å². The van der Waals surface area contributed by atoms with Crippen molar-refractivity contribution in [3.63, 3.8) is 0 Å². The van der Waals surface area contributed by atoms with E-state index in [0.29, 0.717) is 0 Å². The summed E-state index contributed by atoms with van der Waals surface area (Å²) in [7, 11) is 1.72. The largest absolute Gasteiger partial charge is 0.405 e. The number of aliphatic imine (C=N–C) groups is 1. The molecule has 0 rings (SSSR count). The normalized spacial score (nSPS) is 16.1. The van der Waals surface area contributed by atoms with Crippen LogP contribution in [-0.4, -0.2) is 18.8 Å². The highest BCUT2D eigenvalue weighted by Gasteiger charge is 2.01. The van der Waals surface area contributed by atoms with Crippen molar-refractivity contribution in [3.05, 3.63) is 12.3 Å². The summed E-state index contributed by atoms with van der Waals surface area (Å²) >= 11 is 3.90. The Bertz CT molecular complexity index is 142. The number of nitrogens with one attached hydrogen (secondary N) is 1. The summed E-state index contributed by atoms with van der Waals surface area (Å²) in [6.07, 6.45) is 3.21. The SMILES string of the molecule is CN=C(/C=C\N)C(C)NS. The molecule has 1 unspecified atom stereocenters. The molecule has 0 amide bonds. The summed E-state index contributed by atoms with van der Waals surface area (Å²) in [5.41, 5.74) is 6.07. The molecule has 4 heteroatoms. The Kier molecular flexibility index (Phi) is 5.06. The second-order valence-corrected chi connectivity index (χ2v) is 2.12. The van der Waals surface area contributed by atoms with Crippen molar-refractivity contribution in [2.75, 3.05) is 7.05 Å². The molecule has 10 heavy (non-hydrogen) atoms. The molecule has 0 aliphatic heterocycles. The van der Waals surface area contributed by atoms with Crippen LogP contribution in [0.1, 0.15) is 6.92 Å². The van der Waals surface area contributed by atoms with Gasteiger partial charge in [-0.1, -0.05) is 12.8 Å². The van der Waals surface area contributed by atoms with Crippen LogP contribution in [0.15, 0.2) is 17.3 Å². The Morgan fingerprint density at radius 1 is 1.80 bits per heavy atom. The number of hydrogen-bond donors (Lipinski definition) is 3. The van der Waals surface area contributed by atoms with E-state index in [1.807, 2.05) is 6.92 Å². The van der Waals surface area contributed by atoms with E-state index in [2.05, 4.69) is 22.5 Å². The van der Waals surface area contributed by atoms with E-state index < -0.39 is 0 Å². The number of nitrogens with zero attached hydrogens (tertiary/aromatic N) is 1. The second kappa shape index (κ2) is 5.32. The van der Waals surface area contributed by atoms with Crippen LogP contribution >= 0.6 is 12.8 Å². The molecule has 0 heterocycles. The fourth-order valence-corrected chi connectivity index (χ4v) is 0.710. The standard InChI is InChI=1S/C6H13N3S/c1-5(9-10)6(8-2)3-4-7/h3-5,9-10H,7H2,1-2H3/b4-3-,8-6?. The highest BCUT2D eigenvalue weighted by molar-refractivity contribution is 7.78. The molecule has 1 atom stereocenters. The molecule has 0 radical (unpaired) electrons. The Morgan fingerprint density at radius 3 is 2.70 bits per heavy atom. The van der Waals surface area contributed by atoms with E-state index in [9.17, 15) is 0 Å². The Morgan fingerprint density at radius 2 is 2.40 bits per heavy atom. The number of thiol groups is 1. The molecule has 0 aromatic carbocycles. The first kappa shape index (κ1) is 9.52. The van der Waals surface area contributed by atoms with Gasteiger partial charge in [0.15, 0.2) is 0 Å². The van der Waals surface area contributed by atoms with Crippen LogP contribution in [0.25, 0.3) is 0 Å². The van der Waals surface area contributed by atoms with Gasteiger partial charge in [-0.3, -0.25) is 9.71 Å². The van der Waals surface area contributed by atoms with Crippen LogP contribution < -0.4 is 10.5 Å².